The zero-order chi connectivity index (χ0) is 11.3. The molecule has 0 bridgehead atoms. The largest absolute Gasteiger partial charge is 0.299 e. The topological polar surface area (TPSA) is 20.3 Å². The first-order chi connectivity index (χ1) is 7.15. The average Bonchev–Trinajstić information content (AvgIpc) is 2.22. The van der Waals surface area contributed by atoms with Crippen LogP contribution in [0.3, 0.4) is 0 Å². The molecular weight excluding hydrogens is 206 g/mol. The molecule has 2 atom stereocenters. The van der Waals surface area contributed by atoms with Gasteiger partial charge in [0.1, 0.15) is 5.78 Å². The lowest BCUT2D eigenvalue weighted by Crippen LogP contribution is -2.44. The molecule has 1 aliphatic heterocycles. The van der Waals surface area contributed by atoms with Gasteiger partial charge in [-0.1, -0.05) is 13.8 Å². The summed E-state index contributed by atoms with van der Waals surface area (Å²) in [7, 11) is 0. The summed E-state index contributed by atoms with van der Waals surface area (Å²) in [6.45, 7) is 8.50. The molecule has 2 unspecified atom stereocenters. The van der Waals surface area contributed by atoms with Gasteiger partial charge in [-0.15, -0.1) is 0 Å². The van der Waals surface area contributed by atoms with Gasteiger partial charge in [-0.2, -0.15) is 11.8 Å². The van der Waals surface area contributed by atoms with Crippen LogP contribution in [0.5, 0.6) is 0 Å². The van der Waals surface area contributed by atoms with Crippen LogP contribution in [0, 0.1) is 5.92 Å². The van der Waals surface area contributed by atoms with Gasteiger partial charge in [0.25, 0.3) is 0 Å². The Morgan fingerprint density at radius 1 is 1.60 bits per heavy atom. The molecule has 3 heteroatoms. The van der Waals surface area contributed by atoms with Gasteiger partial charge in [0, 0.05) is 31.5 Å². The fourth-order valence-corrected chi connectivity index (χ4v) is 2.82. The first kappa shape index (κ1) is 13.0. The van der Waals surface area contributed by atoms with Crippen molar-refractivity contribution in [2.75, 3.05) is 24.6 Å². The lowest BCUT2D eigenvalue weighted by Gasteiger charge is -2.34. The molecule has 0 N–H and O–H groups in total. The van der Waals surface area contributed by atoms with Crippen molar-refractivity contribution in [1.29, 1.82) is 0 Å². The summed E-state index contributed by atoms with van der Waals surface area (Å²) in [4.78, 5) is 13.9. The second-order valence-corrected chi connectivity index (χ2v) is 5.84. The summed E-state index contributed by atoms with van der Waals surface area (Å²) in [5, 5.41) is 0. The maximum Gasteiger partial charge on any atom is 0.138 e. The first-order valence-corrected chi connectivity index (χ1v) is 7.15. The van der Waals surface area contributed by atoms with E-state index in [0.717, 1.165) is 19.5 Å². The van der Waals surface area contributed by atoms with Crippen LogP contribution in [0.15, 0.2) is 0 Å². The van der Waals surface area contributed by atoms with E-state index in [9.17, 15) is 4.79 Å². The molecule has 1 aliphatic rings. The molecule has 15 heavy (non-hydrogen) atoms. The van der Waals surface area contributed by atoms with Crippen LogP contribution in [0.2, 0.25) is 0 Å². The number of carbonyl (C=O) groups is 1. The van der Waals surface area contributed by atoms with Gasteiger partial charge in [0.05, 0.1) is 0 Å². The van der Waals surface area contributed by atoms with Gasteiger partial charge in [0.2, 0.25) is 0 Å². The minimum atomic E-state index is 0.250. The zero-order valence-corrected chi connectivity index (χ0v) is 11.0. The Morgan fingerprint density at radius 3 is 2.93 bits per heavy atom. The van der Waals surface area contributed by atoms with E-state index in [0.29, 0.717) is 11.8 Å². The predicted octanol–water partition coefficient (Wildman–Crippen LogP) is 2.43. The standard InChI is InChI=1S/C12H23NOS/c1-4-15-8-6-11(3)13-7-5-12(14)10(2)9-13/h10-11H,4-9H2,1-3H3. The van der Waals surface area contributed by atoms with E-state index in [4.69, 9.17) is 0 Å². The van der Waals surface area contributed by atoms with Crippen LogP contribution >= 0.6 is 11.8 Å². The average molecular weight is 229 g/mol. The number of rotatable bonds is 5. The second-order valence-electron chi connectivity index (χ2n) is 4.45. The third-order valence-electron chi connectivity index (χ3n) is 3.21. The van der Waals surface area contributed by atoms with Gasteiger partial charge in [0.15, 0.2) is 0 Å². The Bertz CT molecular complexity index is 208. The molecule has 0 aromatic heterocycles. The van der Waals surface area contributed by atoms with Gasteiger partial charge < -0.3 is 0 Å². The highest BCUT2D eigenvalue weighted by molar-refractivity contribution is 7.99. The third-order valence-corrected chi connectivity index (χ3v) is 4.14. The summed E-state index contributed by atoms with van der Waals surface area (Å²) in [6.07, 6.45) is 2.01. The monoisotopic (exact) mass is 229 g/mol. The zero-order valence-electron chi connectivity index (χ0n) is 10.2. The van der Waals surface area contributed by atoms with Gasteiger partial charge >= 0.3 is 0 Å². The summed E-state index contributed by atoms with van der Waals surface area (Å²) in [5.74, 6) is 3.15. The molecule has 2 nitrogen and oxygen atoms in total. The maximum atomic E-state index is 11.4. The van der Waals surface area contributed by atoms with Crippen molar-refractivity contribution < 1.29 is 4.79 Å². The quantitative estimate of drug-likeness (QED) is 0.675. The fraction of sp³-hybridized carbons (Fsp3) is 0.917. The Kier molecular flexibility index (Phi) is 5.69. The van der Waals surface area contributed by atoms with Crippen LogP contribution in [0.4, 0.5) is 0 Å². The molecule has 1 fully saturated rings. The number of hydrogen-bond donors (Lipinski definition) is 0. The highest BCUT2D eigenvalue weighted by Crippen LogP contribution is 2.17. The van der Waals surface area contributed by atoms with Gasteiger partial charge in [-0.05, 0) is 24.9 Å². The van der Waals surface area contributed by atoms with Crippen LogP contribution in [-0.2, 0) is 4.79 Å². The summed E-state index contributed by atoms with van der Waals surface area (Å²) >= 11 is 2.01. The molecule has 0 spiro atoms. The lowest BCUT2D eigenvalue weighted by atomic mass is 9.97. The van der Waals surface area contributed by atoms with Crippen LogP contribution in [0.1, 0.15) is 33.6 Å². The minimum absolute atomic E-state index is 0.250. The van der Waals surface area contributed by atoms with E-state index >= 15 is 0 Å². The molecule has 0 saturated carbocycles. The van der Waals surface area contributed by atoms with E-state index < -0.39 is 0 Å². The van der Waals surface area contributed by atoms with Gasteiger partial charge in [-0.3, -0.25) is 9.69 Å². The Morgan fingerprint density at radius 2 is 2.33 bits per heavy atom. The number of ketones is 1. The highest BCUT2D eigenvalue weighted by atomic mass is 32.2. The molecule has 0 amide bonds. The van der Waals surface area contributed by atoms with E-state index in [-0.39, 0.29) is 5.92 Å². The van der Waals surface area contributed by atoms with E-state index in [1.165, 1.54) is 17.9 Å². The molecule has 0 radical (unpaired) electrons. The van der Waals surface area contributed by atoms with Crippen LogP contribution in [0.25, 0.3) is 0 Å². The van der Waals surface area contributed by atoms with Crippen LogP contribution in [-0.4, -0.2) is 41.3 Å². The minimum Gasteiger partial charge on any atom is -0.299 e. The number of thioether (sulfide) groups is 1. The SMILES string of the molecule is CCSCCC(C)N1CCC(=O)C(C)C1. The summed E-state index contributed by atoms with van der Waals surface area (Å²) in [5.41, 5.74) is 0. The van der Waals surface area contributed by atoms with E-state index in [1.807, 2.05) is 11.8 Å². The molecule has 1 heterocycles. The summed E-state index contributed by atoms with van der Waals surface area (Å²) < 4.78 is 0. The van der Waals surface area contributed by atoms with Crippen LogP contribution < -0.4 is 0 Å². The Hall–Kier alpha value is -0.0200. The number of carbonyl (C=O) groups excluding carboxylic acids is 1. The molecule has 0 aromatic rings. The lowest BCUT2D eigenvalue weighted by molar-refractivity contribution is -0.126. The molecule has 88 valence electrons. The van der Waals surface area contributed by atoms with Crippen molar-refractivity contribution in [2.24, 2.45) is 5.92 Å². The van der Waals surface area contributed by atoms with Crippen molar-refractivity contribution in [3.8, 4) is 0 Å². The number of Topliss-reactive ketones (excluding diaryl/α,β-unsaturated/α-hetero) is 1. The number of likely N-dealkylation sites (tertiary alicyclic amines) is 1. The molecule has 0 aliphatic carbocycles. The van der Waals surface area contributed by atoms with Crippen molar-refractivity contribution in [1.82, 2.24) is 4.90 Å². The fourth-order valence-electron chi connectivity index (χ4n) is 2.03. The van der Waals surface area contributed by atoms with Crippen molar-refractivity contribution in [3.05, 3.63) is 0 Å². The summed E-state index contributed by atoms with van der Waals surface area (Å²) in [6, 6.07) is 0.639. The number of hydrogen-bond acceptors (Lipinski definition) is 3. The maximum absolute atomic E-state index is 11.4. The molecule has 1 saturated heterocycles. The Balaban J connectivity index is 2.27. The Labute approximate surface area is 97.8 Å². The highest BCUT2D eigenvalue weighted by Gasteiger charge is 2.25. The van der Waals surface area contributed by atoms with Gasteiger partial charge in [-0.25, -0.2) is 0 Å². The number of piperidine rings is 1. The first-order valence-electron chi connectivity index (χ1n) is 5.99. The van der Waals surface area contributed by atoms with Crippen molar-refractivity contribution >= 4 is 17.5 Å². The second kappa shape index (κ2) is 6.54. The smallest absolute Gasteiger partial charge is 0.138 e. The van der Waals surface area contributed by atoms with Crippen molar-refractivity contribution in [2.45, 2.75) is 39.7 Å². The van der Waals surface area contributed by atoms with Crippen molar-refractivity contribution in [3.63, 3.8) is 0 Å². The third kappa shape index (κ3) is 4.15. The van der Waals surface area contributed by atoms with E-state index in [2.05, 4.69) is 25.7 Å². The normalized spacial score (nSPS) is 25.5. The van der Waals surface area contributed by atoms with E-state index in [1.54, 1.807) is 0 Å². The molecular formula is C12H23NOS. The molecule has 0 aromatic carbocycles. The predicted molar refractivity (Wildman–Crippen MR) is 67.4 cm³/mol. The number of nitrogens with zero attached hydrogens (tertiary/aromatic N) is 1. The molecule has 1 rings (SSSR count).